The molecule has 0 spiro atoms. The molecule has 2 unspecified atom stereocenters. The molecule has 0 bridgehead atoms. The van der Waals surface area contributed by atoms with Crippen LogP contribution in [-0.2, 0) is 34.6 Å². The number of hydrogen-bond donors (Lipinski definition) is 0. The van der Waals surface area contributed by atoms with Gasteiger partial charge in [0.25, 0.3) is 0 Å². The number of rotatable bonds is 10. The van der Waals surface area contributed by atoms with Gasteiger partial charge in [0, 0.05) is 32.3 Å². The van der Waals surface area contributed by atoms with Crippen molar-refractivity contribution in [1.29, 1.82) is 0 Å². The van der Waals surface area contributed by atoms with Crippen molar-refractivity contribution in [3.05, 3.63) is 35.9 Å². The molecule has 0 aliphatic carbocycles. The number of benzene rings is 1. The van der Waals surface area contributed by atoms with Crippen LogP contribution in [0.5, 0.6) is 0 Å². The van der Waals surface area contributed by atoms with Crippen LogP contribution in [0, 0.1) is 0 Å². The summed E-state index contributed by atoms with van der Waals surface area (Å²) in [6.45, 7) is 19.4. The van der Waals surface area contributed by atoms with Gasteiger partial charge in [-0.15, -0.1) is 0 Å². The summed E-state index contributed by atoms with van der Waals surface area (Å²) in [5.41, 5.74) is -1.28. The van der Waals surface area contributed by atoms with Gasteiger partial charge >= 0.3 is 18.2 Å². The fourth-order valence-electron chi connectivity index (χ4n) is 5.10. The summed E-state index contributed by atoms with van der Waals surface area (Å²) < 4.78 is 37.7. The third-order valence-electron chi connectivity index (χ3n) is 7.02. The molecule has 0 saturated carbocycles. The molecule has 1 saturated heterocycles. The summed E-state index contributed by atoms with van der Waals surface area (Å²) in [6.07, 6.45) is -0.156. The summed E-state index contributed by atoms with van der Waals surface area (Å²) in [6, 6.07) is 10.0. The average molecular weight is 639 g/mol. The first-order valence-corrected chi connectivity index (χ1v) is 17.5. The van der Waals surface area contributed by atoms with E-state index in [1.54, 1.807) is 69.2 Å². The highest BCUT2D eigenvalue weighted by Crippen LogP contribution is 2.64. The molecule has 1 aromatic rings. The number of nitrogens with zero attached hydrogens (tertiary/aromatic N) is 2. The summed E-state index contributed by atoms with van der Waals surface area (Å²) in [5.74, 6) is -0.528. The molecular weight excluding hydrogens is 583 g/mol. The number of hydrogen-bond acceptors (Lipinski definition) is 9. The molecule has 11 heteroatoms. The maximum atomic E-state index is 14.8. The van der Waals surface area contributed by atoms with E-state index in [-0.39, 0.29) is 25.7 Å². The average Bonchev–Trinajstić information content (AvgIpc) is 2.99. The minimum atomic E-state index is -3.55. The first-order valence-electron chi connectivity index (χ1n) is 15.7. The molecule has 2 amide bonds. The van der Waals surface area contributed by atoms with E-state index < -0.39 is 47.5 Å². The van der Waals surface area contributed by atoms with Crippen molar-refractivity contribution in [3.63, 3.8) is 0 Å². The van der Waals surface area contributed by atoms with Gasteiger partial charge in [-0.3, -0.25) is 14.3 Å². The van der Waals surface area contributed by atoms with Crippen LogP contribution in [0.3, 0.4) is 0 Å². The van der Waals surface area contributed by atoms with Crippen molar-refractivity contribution >= 4 is 25.5 Å². The Balaban J connectivity index is 2.35. The summed E-state index contributed by atoms with van der Waals surface area (Å²) in [7, 11) is -3.55. The Morgan fingerprint density at radius 2 is 1.39 bits per heavy atom. The van der Waals surface area contributed by atoms with Crippen LogP contribution in [0.2, 0.25) is 0 Å². The fraction of sp³-hybridized carbons (Fsp3) is 0.727. The molecule has 0 radical (unpaired) electrons. The molecule has 1 fully saturated rings. The third-order valence-corrected chi connectivity index (χ3v) is 10.4. The van der Waals surface area contributed by atoms with Gasteiger partial charge in [-0.2, -0.15) is 0 Å². The SMILES string of the molecule is CCOP1(=O)CCN(Cc2ccccc2)CCC1(CCCCN(C(=O)OC(C)(C)C)C(=O)OC(C)(C)C)C(=O)OC(C)(C)C. The molecule has 0 N–H and O–H groups in total. The van der Waals surface area contributed by atoms with Crippen LogP contribution >= 0.6 is 7.37 Å². The summed E-state index contributed by atoms with van der Waals surface area (Å²) in [5, 5.41) is -1.37. The molecule has 1 aliphatic heterocycles. The lowest BCUT2D eigenvalue weighted by molar-refractivity contribution is -0.159. The Morgan fingerprint density at radius 1 is 0.841 bits per heavy atom. The Kier molecular flexibility index (Phi) is 13.1. The largest absolute Gasteiger partial charge is 0.459 e. The number of ether oxygens (including phenoxy) is 3. The molecule has 10 nitrogen and oxygen atoms in total. The molecule has 1 aromatic carbocycles. The van der Waals surface area contributed by atoms with Gasteiger partial charge < -0.3 is 18.7 Å². The van der Waals surface area contributed by atoms with E-state index in [1.165, 1.54) is 0 Å². The molecule has 2 atom stereocenters. The van der Waals surface area contributed by atoms with Crippen molar-refractivity contribution < 1.29 is 37.7 Å². The minimum absolute atomic E-state index is 0.00724. The second-order valence-corrected chi connectivity index (χ2v) is 17.3. The van der Waals surface area contributed by atoms with Crippen molar-refractivity contribution in [2.45, 2.75) is 123 Å². The van der Waals surface area contributed by atoms with E-state index in [1.807, 2.05) is 18.2 Å². The normalized spacial score (nSPS) is 21.7. The smallest absolute Gasteiger partial charge is 0.419 e. The van der Waals surface area contributed by atoms with Gasteiger partial charge in [0.1, 0.15) is 22.0 Å². The first kappa shape index (κ1) is 37.8. The van der Waals surface area contributed by atoms with Crippen LogP contribution in [0.1, 0.15) is 100 Å². The van der Waals surface area contributed by atoms with E-state index >= 15 is 0 Å². The van der Waals surface area contributed by atoms with Gasteiger partial charge in [0.05, 0.1) is 6.61 Å². The Morgan fingerprint density at radius 3 is 1.89 bits per heavy atom. The van der Waals surface area contributed by atoms with Crippen LogP contribution in [0.25, 0.3) is 0 Å². The molecule has 1 heterocycles. The van der Waals surface area contributed by atoms with Gasteiger partial charge in [-0.05, 0) is 100 Å². The van der Waals surface area contributed by atoms with E-state index in [4.69, 9.17) is 18.7 Å². The number of amides is 2. The molecular formula is C33H55N2O8P. The van der Waals surface area contributed by atoms with Gasteiger partial charge in [0.2, 0.25) is 7.37 Å². The zero-order valence-corrected chi connectivity index (χ0v) is 29.5. The molecule has 1 aliphatic rings. The zero-order valence-electron chi connectivity index (χ0n) is 28.6. The van der Waals surface area contributed by atoms with Crippen LogP contribution in [0.15, 0.2) is 30.3 Å². The van der Waals surface area contributed by atoms with E-state index in [2.05, 4.69) is 17.0 Å². The third kappa shape index (κ3) is 11.5. The second-order valence-electron chi connectivity index (χ2n) is 14.4. The van der Waals surface area contributed by atoms with E-state index in [0.717, 1.165) is 10.5 Å². The molecule has 2 rings (SSSR count). The fourth-order valence-corrected chi connectivity index (χ4v) is 8.13. The number of unbranched alkanes of at least 4 members (excludes halogenated alkanes) is 1. The monoisotopic (exact) mass is 638 g/mol. The molecule has 44 heavy (non-hydrogen) atoms. The Bertz CT molecular complexity index is 1130. The standard InChI is InChI=1S/C33H55N2O8P/c1-11-40-44(39)24-23-34(25-26-17-13-12-14-18-26)22-20-33(44,27(36)41-30(2,3)4)19-15-16-21-35(28(37)42-31(5,6)7)29(38)43-32(8,9)10/h12-14,17-18H,11,15-16,19-25H2,1-10H3. The predicted molar refractivity (Wildman–Crippen MR) is 172 cm³/mol. The lowest BCUT2D eigenvalue weighted by Gasteiger charge is -2.38. The minimum Gasteiger partial charge on any atom is -0.459 e. The van der Waals surface area contributed by atoms with Gasteiger partial charge in [0.15, 0.2) is 0 Å². The lowest BCUT2D eigenvalue weighted by atomic mass is 9.96. The van der Waals surface area contributed by atoms with Crippen molar-refractivity contribution in [2.24, 2.45) is 0 Å². The lowest BCUT2D eigenvalue weighted by Crippen LogP contribution is -2.45. The highest BCUT2D eigenvalue weighted by molar-refractivity contribution is 7.61. The van der Waals surface area contributed by atoms with Crippen LogP contribution < -0.4 is 0 Å². The number of imide groups is 1. The van der Waals surface area contributed by atoms with Crippen molar-refractivity contribution in [3.8, 4) is 0 Å². The maximum Gasteiger partial charge on any atom is 0.419 e. The zero-order chi connectivity index (χ0) is 33.4. The first-order chi connectivity index (χ1) is 20.2. The second kappa shape index (κ2) is 15.2. The Labute approximate surface area is 264 Å². The van der Waals surface area contributed by atoms with Crippen molar-refractivity contribution in [2.75, 3.05) is 32.4 Å². The van der Waals surface area contributed by atoms with Crippen molar-refractivity contribution in [1.82, 2.24) is 9.80 Å². The quantitative estimate of drug-likeness (QED) is 0.110. The number of esters is 1. The summed E-state index contributed by atoms with van der Waals surface area (Å²) in [4.78, 5) is 43.2. The van der Waals surface area contributed by atoms with Crippen LogP contribution in [-0.4, -0.2) is 82.3 Å². The topological polar surface area (TPSA) is 112 Å². The number of carbonyl (C=O) groups is 3. The molecule has 0 aromatic heterocycles. The van der Waals surface area contributed by atoms with Crippen LogP contribution in [0.4, 0.5) is 9.59 Å². The Hall–Kier alpha value is -2.42. The van der Waals surface area contributed by atoms with Gasteiger partial charge in [-0.1, -0.05) is 30.3 Å². The maximum absolute atomic E-state index is 14.8. The highest BCUT2D eigenvalue weighted by atomic mass is 31.2. The van der Waals surface area contributed by atoms with Gasteiger partial charge in [-0.25, -0.2) is 14.5 Å². The summed E-state index contributed by atoms with van der Waals surface area (Å²) >= 11 is 0. The van der Waals surface area contributed by atoms with E-state index in [0.29, 0.717) is 38.9 Å². The molecule has 250 valence electrons. The highest BCUT2D eigenvalue weighted by Gasteiger charge is 2.57. The van der Waals surface area contributed by atoms with E-state index in [9.17, 15) is 18.9 Å². The number of carbonyl (C=O) groups excluding carboxylic acids is 3. The predicted octanol–water partition coefficient (Wildman–Crippen LogP) is 7.63.